The summed E-state index contributed by atoms with van der Waals surface area (Å²) in [5.41, 5.74) is 1.62. The van der Waals surface area contributed by atoms with Crippen LogP contribution in [0.5, 0.6) is 5.75 Å². The van der Waals surface area contributed by atoms with Crippen molar-refractivity contribution in [2.75, 3.05) is 17.3 Å². The summed E-state index contributed by atoms with van der Waals surface area (Å²) in [6, 6.07) is 14.9. The van der Waals surface area contributed by atoms with E-state index in [4.69, 9.17) is 9.84 Å². The maximum Gasteiger partial charge on any atom is 0.313 e. The molecule has 0 aliphatic rings. The number of nitrogens with one attached hydrogen (secondary N) is 1. The molecule has 2 N–H and O–H groups in total. The molecule has 2 aromatic rings. The van der Waals surface area contributed by atoms with E-state index in [1.54, 1.807) is 24.8 Å². The summed E-state index contributed by atoms with van der Waals surface area (Å²) >= 11 is 2.96. The highest BCUT2D eigenvalue weighted by molar-refractivity contribution is 7.99. The molecule has 0 aromatic heterocycles. The summed E-state index contributed by atoms with van der Waals surface area (Å²) in [6.07, 6.45) is 1.36. The molecule has 7 heteroatoms. The number of hydrogen-bond acceptors (Lipinski definition) is 5. The summed E-state index contributed by atoms with van der Waals surface area (Å²) in [6.45, 7) is 1.70. The van der Waals surface area contributed by atoms with E-state index < -0.39 is 12.1 Å². The van der Waals surface area contributed by atoms with Crippen LogP contribution in [-0.2, 0) is 15.3 Å². The van der Waals surface area contributed by atoms with E-state index in [0.29, 0.717) is 17.2 Å². The lowest BCUT2D eigenvalue weighted by Crippen LogP contribution is -2.30. The molecule has 0 aliphatic carbocycles. The monoisotopic (exact) mass is 391 g/mol. The lowest BCUT2D eigenvalue weighted by molar-refractivity contribution is -0.133. The topological polar surface area (TPSA) is 75.6 Å². The normalized spacial score (nSPS) is 11.6. The summed E-state index contributed by atoms with van der Waals surface area (Å²) in [7, 11) is 0. The van der Waals surface area contributed by atoms with Crippen molar-refractivity contribution >= 4 is 41.1 Å². The number of thioether (sulfide) groups is 2. The molecule has 0 saturated heterocycles. The minimum atomic E-state index is -0.837. The Morgan fingerprint density at radius 1 is 1.19 bits per heavy atom. The predicted molar refractivity (Wildman–Crippen MR) is 107 cm³/mol. The molecule has 0 fully saturated rings. The molecular formula is C19H21NO4S2. The standard InChI is InChI=1S/C19H21NO4S2/c1-13(24-16-6-8-17(25-2)9-7-16)19(23)20-15-5-3-4-14(10-15)11-26-12-18(21)22/h3-10,13H,11-12H2,1-2H3,(H,20,23)(H,21,22). The molecule has 2 rings (SSSR count). The number of carbonyl (C=O) groups is 2. The van der Waals surface area contributed by atoms with Gasteiger partial charge in [0.2, 0.25) is 0 Å². The van der Waals surface area contributed by atoms with Gasteiger partial charge in [0, 0.05) is 16.3 Å². The molecule has 0 aliphatic heterocycles. The highest BCUT2D eigenvalue weighted by atomic mass is 32.2. The number of rotatable bonds is 9. The number of anilines is 1. The number of aliphatic carboxylic acids is 1. The number of carboxylic acids is 1. The lowest BCUT2D eigenvalue weighted by atomic mass is 10.2. The smallest absolute Gasteiger partial charge is 0.313 e. The van der Waals surface area contributed by atoms with Crippen LogP contribution in [0.3, 0.4) is 0 Å². The fraction of sp³-hybridized carbons (Fsp3) is 0.263. The zero-order chi connectivity index (χ0) is 18.9. The van der Waals surface area contributed by atoms with Crippen molar-refractivity contribution in [3.8, 4) is 5.75 Å². The second-order valence-electron chi connectivity index (χ2n) is 5.51. The van der Waals surface area contributed by atoms with E-state index in [-0.39, 0.29) is 11.7 Å². The first-order valence-corrected chi connectivity index (χ1v) is 10.4. The quantitative estimate of drug-likeness (QED) is 0.626. The van der Waals surface area contributed by atoms with Crippen LogP contribution < -0.4 is 10.1 Å². The van der Waals surface area contributed by atoms with E-state index in [1.165, 1.54) is 11.8 Å². The van der Waals surface area contributed by atoms with E-state index >= 15 is 0 Å². The molecule has 2 aromatic carbocycles. The Hall–Kier alpha value is -2.12. The Morgan fingerprint density at radius 2 is 1.92 bits per heavy atom. The van der Waals surface area contributed by atoms with Crippen molar-refractivity contribution in [3.63, 3.8) is 0 Å². The van der Waals surface area contributed by atoms with Gasteiger partial charge in [-0.25, -0.2) is 0 Å². The van der Waals surface area contributed by atoms with Gasteiger partial charge in [-0.05, 0) is 55.1 Å². The molecule has 0 radical (unpaired) electrons. The molecular weight excluding hydrogens is 370 g/mol. The highest BCUT2D eigenvalue weighted by Gasteiger charge is 2.15. The van der Waals surface area contributed by atoms with Crippen molar-refractivity contribution in [1.29, 1.82) is 0 Å². The van der Waals surface area contributed by atoms with Gasteiger partial charge in [-0.3, -0.25) is 9.59 Å². The number of carbonyl (C=O) groups excluding carboxylic acids is 1. The largest absolute Gasteiger partial charge is 0.481 e. The molecule has 5 nitrogen and oxygen atoms in total. The van der Waals surface area contributed by atoms with Gasteiger partial charge < -0.3 is 15.2 Å². The Kier molecular flexibility index (Phi) is 7.87. The molecule has 0 bridgehead atoms. The van der Waals surface area contributed by atoms with Crippen molar-refractivity contribution in [3.05, 3.63) is 54.1 Å². The first-order chi connectivity index (χ1) is 12.5. The van der Waals surface area contributed by atoms with E-state index in [1.807, 2.05) is 48.7 Å². The second kappa shape index (κ2) is 10.1. The van der Waals surface area contributed by atoms with Crippen LogP contribution >= 0.6 is 23.5 Å². The molecule has 0 spiro atoms. The Morgan fingerprint density at radius 3 is 2.58 bits per heavy atom. The van der Waals surface area contributed by atoms with E-state index in [9.17, 15) is 9.59 Å². The van der Waals surface area contributed by atoms with Crippen molar-refractivity contribution < 1.29 is 19.4 Å². The van der Waals surface area contributed by atoms with Gasteiger partial charge >= 0.3 is 5.97 Å². The zero-order valence-electron chi connectivity index (χ0n) is 14.6. The summed E-state index contributed by atoms with van der Waals surface area (Å²) < 4.78 is 5.68. The number of hydrogen-bond donors (Lipinski definition) is 2. The first kappa shape index (κ1) is 20.2. The van der Waals surface area contributed by atoms with Crippen LogP contribution in [0.4, 0.5) is 5.69 Å². The predicted octanol–water partition coefficient (Wildman–Crippen LogP) is 4.13. The molecule has 1 atom stereocenters. The number of carboxylic acid groups (broad SMARTS) is 1. The Balaban J connectivity index is 1.90. The van der Waals surface area contributed by atoms with Gasteiger partial charge in [-0.15, -0.1) is 23.5 Å². The van der Waals surface area contributed by atoms with Crippen molar-refractivity contribution in [2.45, 2.75) is 23.7 Å². The van der Waals surface area contributed by atoms with Crippen LogP contribution in [0.2, 0.25) is 0 Å². The molecule has 26 heavy (non-hydrogen) atoms. The van der Waals surface area contributed by atoms with Crippen LogP contribution in [0, 0.1) is 0 Å². The maximum absolute atomic E-state index is 12.3. The Labute approximate surface area is 161 Å². The summed E-state index contributed by atoms with van der Waals surface area (Å²) in [4.78, 5) is 24.0. The average molecular weight is 392 g/mol. The average Bonchev–Trinajstić information content (AvgIpc) is 2.62. The molecule has 1 unspecified atom stereocenters. The molecule has 138 valence electrons. The van der Waals surface area contributed by atoms with Crippen LogP contribution in [0.1, 0.15) is 12.5 Å². The maximum atomic E-state index is 12.3. The number of amides is 1. The van der Waals surface area contributed by atoms with Crippen molar-refractivity contribution in [2.24, 2.45) is 0 Å². The van der Waals surface area contributed by atoms with Crippen LogP contribution in [0.15, 0.2) is 53.4 Å². The fourth-order valence-corrected chi connectivity index (χ4v) is 3.25. The van der Waals surface area contributed by atoms with Gasteiger partial charge in [-0.2, -0.15) is 0 Å². The number of ether oxygens (including phenoxy) is 1. The van der Waals surface area contributed by atoms with Gasteiger partial charge in [0.25, 0.3) is 5.91 Å². The third-order valence-electron chi connectivity index (χ3n) is 3.43. The highest BCUT2D eigenvalue weighted by Crippen LogP contribution is 2.21. The van der Waals surface area contributed by atoms with Crippen LogP contribution in [0.25, 0.3) is 0 Å². The van der Waals surface area contributed by atoms with Gasteiger partial charge in [0.15, 0.2) is 6.10 Å². The first-order valence-electron chi connectivity index (χ1n) is 7.98. The van der Waals surface area contributed by atoms with Gasteiger partial charge in [0.1, 0.15) is 5.75 Å². The zero-order valence-corrected chi connectivity index (χ0v) is 16.2. The summed E-state index contributed by atoms with van der Waals surface area (Å²) in [5.74, 6) is 0.190. The minimum Gasteiger partial charge on any atom is -0.481 e. The summed E-state index contributed by atoms with van der Waals surface area (Å²) in [5, 5.41) is 11.5. The van der Waals surface area contributed by atoms with Gasteiger partial charge in [-0.1, -0.05) is 12.1 Å². The molecule has 1 amide bonds. The number of benzene rings is 2. The Bertz CT molecular complexity index is 749. The second-order valence-corrected chi connectivity index (χ2v) is 7.38. The van der Waals surface area contributed by atoms with Crippen LogP contribution in [-0.4, -0.2) is 35.1 Å². The molecule has 0 saturated carbocycles. The SMILES string of the molecule is CSc1ccc(OC(C)C(=O)Nc2cccc(CSCC(=O)O)c2)cc1. The van der Waals surface area contributed by atoms with E-state index in [2.05, 4.69) is 5.32 Å². The fourth-order valence-electron chi connectivity index (χ4n) is 2.15. The minimum absolute atomic E-state index is 0.0524. The molecule has 0 heterocycles. The van der Waals surface area contributed by atoms with Crippen molar-refractivity contribution in [1.82, 2.24) is 0 Å². The van der Waals surface area contributed by atoms with E-state index in [0.717, 1.165) is 10.5 Å². The lowest BCUT2D eigenvalue weighted by Gasteiger charge is -2.15. The third-order valence-corrected chi connectivity index (χ3v) is 5.16. The third kappa shape index (κ3) is 6.65. The van der Waals surface area contributed by atoms with Gasteiger partial charge in [0.05, 0.1) is 5.75 Å².